The molecule has 0 fully saturated rings. The third-order valence-corrected chi connectivity index (χ3v) is 4.85. The number of amides is 1. The Hall–Kier alpha value is -3.40. The maximum atomic E-state index is 12.6. The number of benzene rings is 2. The van der Waals surface area contributed by atoms with E-state index in [9.17, 15) is 14.7 Å². The fraction of sp³-hybridized carbons (Fsp3) is 0.261. The quantitative estimate of drug-likeness (QED) is 0.341. The van der Waals surface area contributed by atoms with Gasteiger partial charge in [0.25, 0.3) is 5.88 Å². The van der Waals surface area contributed by atoms with E-state index in [-0.39, 0.29) is 31.3 Å². The first-order valence-corrected chi connectivity index (χ1v) is 10.5. The number of carbonyl (C=O) groups excluding carboxylic acids is 2. The predicted octanol–water partition coefficient (Wildman–Crippen LogP) is 3.07. The van der Waals surface area contributed by atoms with E-state index in [0.717, 1.165) is 16.7 Å². The van der Waals surface area contributed by atoms with Crippen molar-refractivity contribution in [2.24, 2.45) is 0 Å². The van der Waals surface area contributed by atoms with Gasteiger partial charge in [-0.1, -0.05) is 48.0 Å². The summed E-state index contributed by atoms with van der Waals surface area (Å²) in [6.07, 6.45) is -1.46. The largest absolute Gasteiger partial charge is 0.479 e. The summed E-state index contributed by atoms with van der Waals surface area (Å²) in [5.74, 6) is -1.33. The molecule has 2 aromatic carbocycles. The van der Waals surface area contributed by atoms with Crippen LogP contribution in [0.1, 0.15) is 23.0 Å². The molecule has 33 heavy (non-hydrogen) atoms. The Balaban J connectivity index is 1.74. The van der Waals surface area contributed by atoms with Gasteiger partial charge in [-0.3, -0.25) is 10.2 Å². The van der Waals surface area contributed by atoms with E-state index in [0.29, 0.717) is 5.02 Å². The van der Waals surface area contributed by atoms with Gasteiger partial charge in [0.1, 0.15) is 0 Å². The second-order valence-corrected chi connectivity index (χ2v) is 7.47. The minimum Gasteiger partial charge on any atom is -0.479 e. The summed E-state index contributed by atoms with van der Waals surface area (Å²) >= 11 is 6.07. The van der Waals surface area contributed by atoms with Gasteiger partial charge in [-0.2, -0.15) is 0 Å². The second-order valence-electron chi connectivity index (χ2n) is 7.03. The van der Waals surface area contributed by atoms with Crippen LogP contribution in [-0.4, -0.2) is 53.5 Å². The number of nitrogens with zero attached hydrogens (tertiary/aromatic N) is 2. The predicted molar refractivity (Wildman–Crippen MR) is 120 cm³/mol. The maximum Gasteiger partial charge on any atom is 0.336 e. The van der Waals surface area contributed by atoms with Crippen LogP contribution in [0.3, 0.4) is 0 Å². The van der Waals surface area contributed by atoms with E-state index in [1.54, 1.807) is 13.0 Å². The van der Waals surface area contributed by atoms with Gasteiger partial charge >= 0.3 is 11.9 Å². The van der Waals surface area contributed by atoms with Crippen molar-refractivity contribution in [3.05, 3.63) is 70.9 Å². The molecule has 1 aromatic heterocycles. The molecule has 0 saturated heterocycles. The molecule has 1 atom stereocenters. The van der Waals surface area contributed by atoms with E-state index in [2.05, 4.69) is 10.6 Å². The Morgan fingerprint density at radius 2 is 1.94 bits per heavy atom. The number of hydrogen-bond acceptors (Lipinski definition) is 8. The average Bonchev–Trinajstić information content (AvgIpc) is 3.29. The highest BCUT2D eigenvalue weighted by Crippen LogP contribution is 2.23. The van der Waals surface area contributed by atoms with Crippen LogP contribution in [0.4, 0.5) is 0 Å². The molecule has 3 rings (SSSR count). The summed E-state index contributed by atoms with van der Waals surface area (Å²) in [4.78, 5) is 24.5. The van der Waals surface area contributed by atoms with Gasteiger partial charge < -0.3 is 19.1 Å². The third kappa shape index (κ3) is 6.79. The molecule has 0 aliphatic rings. The lowest BCUT2D eigenvalue weighted by molar-refractivity contribution is -0.154. The van der Waals surface area contributed by atoms with Crippen molar-refractivity contribution in [1.29, 1.82) is 0 Å². The van der Waals surface area contributed by atoms with Crippen molar-refractivity contribution < 1.29 is 28.7 Å². The Morgan fingerprint density at radius 1 is 1.18 bits per heavy atom. The molecule has 0 spiro atoms. The minimum absolute atomic E-state index is 0.0845. The lowest BCUT2D eigenvalue weighted by Gasteiger charge is -2.24. The first kappa shape index (κ1) is 24.2. The van der Waals surface area contributed by atoms with Crippen LogP contribution < -0.4 is 10.2 Å². The van der Waals surface area contributed by atoms with Crippen molar-refractivity contribution >= 4 is 23.5 Å². The van der Waals surface area contributed by atoms with Gasteiger partial charge in [-0.25, -0.2) is 9.80 Å². The topological polar surface area (TPSA) is 114 Å². The molecule has 174 valence electrons. The summed E-state index contributed by atoms with van der Waals surface area (Å²) < 4.78 is 14.7. The SMILES string of the molecule is CCOC(=O)[C@H](O)CN(Cc1ccc(-c2cccc(Cl)c2)cc1)NC(=O)c1cc(OC)no1. The number of esters is 1. The first-order valence-electron chi connectivity index (χ1n) is 10.2. The zero-order chi connectivity index (χ0) is 23.8. The molecule has 0 aliphatic heterocycles. The van der Waals surface area contributed by atoms with Crippen molar-refractivity contribution in [1.82, 2.24) is 15.6 Å². The summed E-state index contributed by atoms with van der Waals surface area (Å²) in [5.41, 5.74) is 5.39. The van der Waals surface area contributed by atoms with Gasteiger partial charge in [0, 0.05) is 11.6 Å². The number of nitrogens with one attached hydrogen (secondary N) is 1. The molecular formula is C23H24ClN3O6. The number of ether oxygens (including phenoxy) is 2. The fourth-order valence-corrected chi connectivity index (χ4v) is 3.21. The highest BCUT2D eigenvalue weighted by atomic mass is 35.5. The molecule has 3 aromatic rings. The number of carbonyl (C=O) groups is 2. The van der Waals surface area contributed by atoms with E-state index in [4.69, 9.17) is 25.6 Å². The molecule has 10 heteroatoms. The average molecular weight is 474 g/mol. The lowest BCUT2D eigenvalue weighted by Crippen LogP contribution is -2.47. The standard InChI is InChI=1S/C23H24ClN3O6/c1-3-32-23(30)19(28)14-27(25-22(29)20-12-21(31-2)26-33-20)13-15-7-9-16(10-8-15)17-5-4-6-18(24)11-17/h4-12,19,28H,3,13-14H2,1-2H3,(H,25,29)/t19-/m1/s1. The van der Waals surface area contributed by atoms with Crippen molar-refractivity contribution in [3.63, 3.8) is 0 Å². The molecule has 0 bridgehead atoms. The van der Waals surface area contributed by atoms with Crippen molar-refractivity contribution in [2.75, 3.05) is 20.3 Å². The van der Waals surface area contributed by atoms with E-state index < -0.39 is 18.0 Å². The van der Waals surface area contributed by atoms with Gasteiger partial charge in [-0.15, -0.1) is 0 Å². The number of methoxy groups -OCH3 is 1. The van der Waals surface area contributed by atoms with E-state index >= 15 is 0 Å². The summed E-state index contributed by atoms with van der Waals surface area (Å²) in [6.45, 7) is 1.77. The smallest absolute Gasteiger partial charge is 0.336 e. The number of aliphatic hydroxyl groups is 1. The molecule has 2 N–H and O–H groups in total. The van der Waals surface area contributed by atoms with Crippen molar-refractivity contribution in [3.8, 4) is 17.0 Å². The number of hydrazine groups is 1. The zero-order valence-electron chi connectivity index (χ0n) is 18.2. The Labute approximate surface area is 195 Å². The zero-order valence-corrected chi connectivity index (χ0v) is 18.9. The molecule has 0 unspecified atom stereocenters. The molecule has 1 amide bonds. The van der Waals surface area contributed by atoms with Crippen LogP contribution in [0.25, 0.3) is 11.1 Å². The van der Waals surface area contributed by atoms with E-state index in [1.807, 2.05) is 42.5 Å². The number of aliphatic hydroxyl groups excluding tert-OH is 1. The fourth-order valence-electron chi connectivity index (χ4n) is 3.02. The minimum atomic E-state index is -1.46. The summed E-state index contributed by atoms with van der Waals surface area (Å²) in [7, 11) is 1.40. The van der Waals surface area contributed by atoms with Gasteiger partial charge in [0.2, 0.25) is 5.76 Å². The van der Waals surface area contributed by atoms with Crippen LogP contribution >= 0.6 is 11.6 Å². The summed E-state index contributed by atoms with van der Waals surface area (Å²) in [5, 5.41) is 15.8. The monoisotopic (exact) mass is 473 g/mol. The summed E-state index contributed by atoms with van der Waals surface area (Å²) in [6, 6.07) is 16.4. The Morgan fingerprint density at radius 3 is 2.58 bits per heavy atom. The molecule has 0 saturated carbocycles. The van der Waals surface area contributed by atoms with Gasteiger partial charge in [0.15, 0.2) is 6.10 Å². The Bertz CT molecular complexity index is 1090. The number of hydrogen-bond donors (Lipinski definition) is 2. The van der Waals surface area contributed by atoms with Crippen LogP contribution in [0.15, 0.2) is 59.1 Å². The number of halogens is 1. The highest BCUT2D eigenvalue weighted by Gasteiger charge is 2.23. The van der Waals surface area contributed by atoms with Crippen LogP contribution in [0.5, 0.6) is 5.88 Å². The molecule has 0 aliphatic carbocycles. The molecule has 9 nitrogen and oxygen atoms in total. The number of rotatable bonds is 10. The van der Waals surface area contributed by atoms with Crippen LogP contribution in [0.2, 0.25) is 5.02 Å². The number of aromatic nitrogens is 1. The second kappa shape index (κ2) is 11.5. The molecule has 1 heterocycles. The van der Waals surface area contributed by atoms with E-state index in [1.165, 1.54) is 18.2 Å². The normalized spacial score (nSPS) is 11.8. The maximum absolute atomic E-state index is 12.6. The third-order valence-electron chi connectivity index (χ3n) is 4.62. The lowest BCUT2D eigenvalue weighted by atomic mass is 10.0. The highest BCUT2D eigenvalue weighted by molar-refractivity contribution is 6.30. The first-order chi connectivity index (χ1) is 15.9. The molecular weight excluding hydrogens is 450 g/mol. The van der Waals surface area contributed by atoms with Crippen molar-refractivity contribution in [2.45, 2.75) is 19.6 Å². The van der Waals surface area contributed by atoms with Crippen LogP contribution in [-0.2, 0) is 16.1 Å². The van der Waals surface area contributed by atoms with Gasteiger partial charge in [-0.05, 0) is 40.9 Å². The Kier molecular flexibility index (Phi) is 8.42. The molecule has 0 radical (unpaired) electrons. The van der Waals surface area contributed by atoms with Crippen LogP contribution in [0, 0.1) is 0 Å². The van der Waals surface area contributed by atoms with Gasteiger partial charge in [0.05, 0.1) is 26.3 Å².